The zero-order chi connectivity index (χ0) is 10.6. The minimum absolute atomic E-state index is 0.136. The number of benzene rings is 1. The smallest absolute Gasteiger partial charge is 0.176 e. The molecule has 1 rings (SSSR count). The van der Waals surface area contributed by atoms with E-state index in [-0.39, 0.29) is 12.2 Å². The van der Waals surface area contributed by atoms with Gasteiger partial charge in [0.15, 0.2) is 5.78 Å². The van der Waals surface area contributed by atoms with Gasteiger partial charge in [0.2, 0.25) is 0 Å². The Hall–Kier alpha value is -1.53. The molecule has 0 bridgehead atoms. The summed E-state index contributed by atoms with van der Waals surface area (Å²) in [5.41, 5.74) is 0.428. The van der Waals surface area contributed by atoms with Crippen LogP contribution in [0.2, 0.25) is 5.02 Å². The predicted octanol–water partition coefficient (Wildman–Crippen LogP) is 2.44. The van der Waals surface area contributed by atoms with Crippen molar-refractivity contribution in [1.29, 1.82) is 5.26 Å². The Balaban J connectivity index is 2.98. The number of rotatable bonds is 3. The fraction of sp³-hybridized carbons (Fsp3) is 0.200. The Labute approximate surface area is 86.9 Å². The summed E-state index contributed by atoms with van der Waals surface area (Å²) in [6.07, 6.45) is -0.136. The van der Waals surface area contributed by atoms with Crippen LogP contribution >= 0.6 is 11.6 Å². The normalized spacial score (nSPS) is 9.21. The molecule has 0 saturated heterocycles. The molecule has 0 radical (unpaired) electrons. The van der Waals surface area contributed by atoms with E-state index in [4.69, 9.17) is 21.6 Å². The van der Waals surface area contributed by atoms with Crippen LogP contribution in [0.25, 0.3) is 0 Å². The lowest BCUT2D eigenvalue weighted by atomic mass is 10.1. The number of ketones is 1. The average molecular weight is 210 g/mol. The van der Waals surface area contributed by atoms with E-state index in [0.717, 1.165) is 0 Å². The van der Waals surface area contributed by atoms with Crippen molar-refractivity contribution in [3.8, 4) is 11.8 Å². The molecule has 1 aromatic rings. The molecular formula is C10H8ClNO2. The lowest BCUT2D eigenvalue weighted by Crippen LogP contribution is -1.97. The highest BCUT2D eigenvalue weighted by atomic mass is 35.5. The molecule has 72 valence electrons. The van der Waals surface area contributed by atoms with Gasteiger partial charge < -0.3 is 4.74 Å². The lowest BCUT2D eigenvalue weighted by Gasteiger charge is -2.03. The third-order valence-electron chi connectivity index (χ3n) is 1.71. The highest BCUT2D eigenvalue weighted by Gasteiger charge is 2.08. The van der Waals surface area contributed by atoms with Gasteiger partial charge in [-0.3, -0.25) is 4.79 Å². The molecule has 0 heterocycles. The second-order valence-corrected chi connectivity index (χ2v) is 3.01. The minimum atomic E-state index is -0.239. The predicted molar refractivity (Wildman–Crippen MR) is 52.6 cm³/mol. The average Bonchev–Trinajstić information content (AvgIpc) is 2.18. The van der Waals surface area contributed by atoms with Gasteiger partial charge in [-0.2, -0.15) is 5.26 Å². The Morgan fingerprint density at radius 3 is 2.86 bits per heavy atom. The van der Waals surface area contributed by atoms with Crippen molar-refractivity contribution in [3.63, 3.8) is 0 Å². The van der Waals surface area contributed by atoms with Crippen LogP contribution in [0.15, 0.2) is 18.2 Å². The zero-order valence-corrected chi connectivity index (χ0v) is 8.34. The molecule has 3 nitrogen and oxygen atoms in total. The third kappa shape index (κ3) is 2.24. The Kier molecular flexibility index (Phi) is 3.49. The van der Waals surface area contributed by atoms with Crippen LogP contribution in [0.5, 0.6) is 5.75 Å². The van der Waals surface area contributed by atoms with Crippen molar-refractivity contribution >= 4 is 17.4 Å². The minimum Gasteiger partial charge on any atom is -0.495 e. The van der Waals surface area contributed by atoms with Gasteiger partial charge in [-0.05, 0) is 18.2 Å². The summed E-state index contributed by atoms with van der Waals surface area (Å²) in [5.74, 6) is 0.275. The molecule has 0 spiro atoms. The Morgan fingerprint density at radius 1 is 1.64 bits per heavy atom. The maximum absolute atomic E-state index is 11.3. The molecule has 0 N–H and O–H groups in total. The van der Waals surface area contributed by atoms with Gasteiger partial charge in [0, 0.05) is 5.56 Å². The van der Waals surface area contributed by atoms with Gasteiger partial charge in [-0.1, -0.05) is 11.6 Å². The van der Waals surface area contributed by atoms with Crippen LogP contribution in [0.4, 0.5) is 0 Å². The van der Waals surface area contributed by atoms with E-state index in [0.29, 0.717) is 16.3 Å². The molecule has 0 aliphatic carbocycles. The standard InChI is InChI=1S/C10H8ClNO2/c1-14-10-3-2-7(6-8(10)11)9(13)4-5-12/h2-3,6H,4H2,1H3. The fourth-order valence-electron chi connectivity index (χ4n) is 1.01. The number of Topliss-reactive ketones (excluding diaryl/α,β-unsaturated/α-hetero) is 1. The molecular weight excluding hydrogens is 202 g/mol. The van der Waals surface area contributed by atoms with Crippen molar-refractivity contribution in [2.45, 2.75) is 6.42 Å². The quantitative estimate of drug-likeness (QED) is 0.719. The number of ether oxygens (including phenoxy) is 1. The van der Waals surface area contributed by atoms with E-state index in [1.54, 1.807) is 18.2 Å². The van der Waals surface area contributed by atoms with Crippen LogP contribution in [0, 0.1) is 11.3 Å². The van der Waals surface area contributed by atoms with Gasteiger partial charge >= 0.3 is 0 Å². The molecule has 14 heavy (non-hydrogen) atoms. The van der Waals surface area contributed by atoms with E-state index < -0.39 is 0 Å². The topological polar surface area (TPSA) is 50.1 Å². The number of nitriles is 1. The number of methoxy groups -OCH3 is 1. The van der Waals surface area contributed by atoms with E-state index in [1.165, 1.54) is 13.2 Å². The Morgan fingerprint density at radius 2 is 2.36 bits per heavy atom. The maximum Gasteiger partial charge on any atom is 0.176 e. The number of hydrogen-bond donors (Lipinski definition) is 0. The summed E-state index contributed by atoms with van der Waals surface area (Å²) in [7, 11) is 1.50. The summed E-state index contributed by atoms with van der Waals surface area (Å²) in [6.45, 7) is 0. The summed E-state index contributed by atoms with van der Waals surface area (Å²) in [6, 6.07) is 6.48. The summed E-state index contributed by atoms with van der Waals surface area (Å²) in [5, 5.41) is 8.71. The first-order chi connectivity index (χ1) is 6.69. The number of nitrogens with zero attached hydrogens (tertiary/aromatic N) is 1. The van der Waals surface area contributed by atoms with Crippen molar-refractivity contribution in [2.24, 2.45) is 0 Å². The molecule has 0 saturated carbocycles. The lowest BCUT2D eigenvalue weighted by molar-refractivity contribution is 0.0997. The van der Waals surface area contributed by atoms with Gasteiger partial charge in [-0.25, -0.2) is 0 Å². The van der Waals surface area contributed by atoms with Gasteiger partial charge in [0.05, 0.1) is 24.6 Å². The largest absolute Gasteiger partial charge is 0.495 e. The van der Waals surface area contributed by atoms with Gasteiger partial charge in [0.25, 0.3) is 0 Å². The molecule has 4 heteroatoms. The Bertz CT molecular complexity index is 396. The number of carbonyl (C=O) groups excluding carboxylic acids is 1. The first-order valence-electron chi connectivity index (χ1n) is 3.92. The molecule has 0 unspecified atom stereocenters. The van der Waals surface area contributed by atoms with E-state index in [1.807, 2.05) is 0 Å². The SMILES string of the molecule is COc1ccc(C(=O)CC#N)cc1Cl. The second kappa shape index (κ2) is 4.64. The maximum atomic E-state index is 11.3. The van der Waals surface area contributed by atoms with E-state index in [9.17, 15) is 4.79 Å². The van der Waals surface area contributed by atoms with E-state index in [2.05, 4.69) is 0 Å². The first kappa shape index (κ1) is 10.6. The highest BCUT2D eigenvalue weighted by molar-refractivity contribution is 6.32. The van der Waals surface area contributed by atoms with Crippen LogP contribution in [-0.2, 0) is 0 Å². The molecule has 1 aromatic carbocycles. The van der Waals surface area contributed by atoms with Crippen LogP contribution in [0.1, 0.15) is 16.8 Å². The van der Waals surface area contributed by atoms with Crippen molar-refractivity contribution < 1.29 is 9.53 Å². The second-order valence-electron chi connectivity index (χ2n) is 2.61. The highest BCUT2D eigenvalue weighted by Crippen LogP contribution is 2.25. The van der Waals surface area contributed by atoms with Crippen molar-refractivity contribution in [1.82, 2.24) is 0 Å². The molecule has 0 fully saturated rings. The summed E-state index contributed by atoms with van der Waals surface area (Å²) >= 11 is 5.81. The molecule has 0 aromatic heterocycles. The summed E-state index contributed by atoms with van der Waals surface area (Å²) in [4.78, 5) is 11.3. The van der Waals surface area contributed by atoms with Crippen molar-refractivity contribution in [3.05, 3.63) is 28.8 Å². The summed E-state index contributed by atoms with van der Waals surface area (Å²) < 4.78 is 4.93. The van der Waals surface area contributed by atoms with Crippen LogP contribution in [-0.4, -0.2) is 12.9 Å². The number of halogens is 1. The molecule has 0 aliphatic rings. The van der Waals surface area contributed by atoms with Gasteiger partial charge in [0.1, 0.15) is 5.75 Å². The van der Waals surface area contributed by atoms with Crippen molar-refractivity contribution in [2.75, 3.05) is 7.11 Å². The van der Waals surface area contributed by atoms with Crippen LogP contribution < -0.4 is 4.74 Å². The monoisotopic (exact) mass is 209 g/mol. The third-order valence-corrected chi connectivity index (χ3v) is 2.01. The molecule has 0 atom stereocenters. The van der Waals surface area contributed by atoms with E-state index >= 15 is 0 Å². The number of hydrogen-bond acceptors (Lipinski definition) is 3. The molecule has 0 aliphatic heterocycles. The number of carbonyl (C=O) groups is 1. The first-order valence-corrected chi connectivity index (χ1v) is 4.30. The van der Waals surface area contributed by atoms with Gasteiger partial charge in [-0.15, -0.1) is 0 Å². The van der Waals surface area contributed by atoms with Crippen LogP contribution in [0.3, 0.4) is 0 Å². The molecule has 0 amide bonds. The fourth-order valence-corrected chi connectivity index (χ4v) is 1.27. The zero-order valence-electron chi connectivity index (χ0n) is 7.58.